The number of nitrogens with zero attached hydrogens (tertiary/aromatic N) is 4. The van der Waals surface area contributed by atoms with Crippen molar-refractivity contribution < 1.29 is 9.53 Å². The van der Waals surface area contributed by atoms with Crippen molar-refractivity contribution in [2.75, 3.05) is 11.9 Å². The quantitative estimate of drug-likeness (QED) is 0.534. The number of fused-ring (bicyclic) bond motifs is 1. The van der Waals surface area contributed by atoms with Gasteiger partial charge in [0.1, 0.15) is 16.5 Å². The van der Waals surface area contributed by atoms with Gasteiger partial charge in [0.15, 0.2) is 0 Å². The van der Waals surface area contributed by atoms with Gasteiger partial charge in [0.05, 0.1) is 6.61 Å². The first-order chi connectivity index (χ1) is 12.1. The number of ether oxygens (including phenoxy) is 1. The molecular formula is C16H14N6O2S. The molecule has 0 aliphatic carbocycles. The number of nitrogens with one attached hydrogen (secondary N) is 2. The molecule has 25 heavy (non-hydrogen) atoms. The van der Waals surface area contributed by atoms with Gasteiger partial charge >= 0.3 is 5.97 Å². The lowest BCUT2D eigenvalue weighted by Gasteiger charge is -2.02. The van der Waals surface area contributed by atoms with Crippen LogP contribution in [0.2, 0.25) is 0 Å². The maximum Gasteiger partial charge on any atom is 0.348 e. The van der Waals surface area contributed by atoms with Crippen molar-refractivity contribution in [3.05, 3.63) is 40.7 Å². The van der Waals surface area contributed by atoms with E-state index in [-0.39, 0.29) is 17.4 Å². The first-order valence-corrected chi connectivity index (χ1v) is 8.26. The molecule has 0 unspecified atom stereocenters. The number of anilines is 1. The van der Waals surface area contributed by atoms with Gasteiger partial charge in [-0.05, 0) is 48.2 Å². The molecule has 9 heteroatoms. The lowest BCUT2D eigenvalue weighted by atomic mass is 10.1. The van der Waals surface area contributed by atoms with Crippen LogP contribution in [0.3, 0.4) is 0 Å². The summed E-state index contributed by atoms with van der Waals surface area (Å²) in [6.07, 6.45) is 1.51. The van der Waals surface area contributed by atoms with E-state index in [1.54, 1.807) is 6.92 Å². The van der Waals surface area contributed by atoms with Gasteiger partial charge in [-0.1, -0.05) is 0 Å². The maximum atomic E-state index is 12.0. The van der Waals surface area contributed by atoms with Crippen molar-refractivity contribution in [3.8, 4) is 6.07 Å². The number of aromatic amines is 1. The topological polar surface area (TPSA) is 117 Å². The molecule has 0 aliphatic heterocycles. The highest BCUT2D eigenvalue weighted by Gasteiger charge is 2.16. The molecule has 0 bridgehead atoms. The Morgan fingerprint density at radius 1 is 1.52 bits per heavy atom. The molecule has 8 nitrogen and oxygen atoms in total. The summed E-state index contributed by atoms with van der Waals surface area (Å²) in [5.74, 6) is -0.0909. The number of hydrogen-bond acceptors (Lipinski definition) is 8. The number of hydrogen-bond donors (Lipinski definition) is 2. The fourth-order valence-corrected chi connectivity index (χ4v) is 3.36. The van der Waals surface area contributed by atoms with Gasteiger partial charge in [-0.25, -0.2) is 4.79 Å². The van der Waals surface area contributed by atoms with Gasteiger partial charge in [-0.3, -0.25) is 0 Å². The zero-order valence-corrected chi connectivity index (χ0v) is 14.3. The van der Waals surface area contributed by atoms with E-state index >= 15 is 0 Å². The van der Waals surface area contributed by atoms with Gasteiger partial charge in [0, 0.05) is 16.6 Å². The highest BCUT2D eigenvalue weighted by molar-refractivity contribution is 7.21. The Morgan fingerprint density at radius 3 is 3.04 bits per heavy atom. The Hall–Kier alpha value is -3.25. The van der Waals surface area contributed by atoms with Crippen molar-refractivity contribution in [2.24, 2.45) is 0 Å². The predicted octanol–water partition coefficient (Wildman–Crippen LogP) is 2.88. The molecule has 0 fully saturated rings. The van der Waals surface area contributed by atoms with Gasteiger partial charge in [-0.15, -0.1) is 21.5 Å². The summed E-state index contributed by atoms with van der Waals surface area (Å²) in [7, 11) is 0. The minimum absolute atomic E-state index is 0.215. The summed E-state index contributed by atoms with van der Waals surface area (Å²) < 4.78 is 6.09. The van der Waals surface area contributed by atoms with E-state index in [1.165, 1.54) is 17.5 Å². The number of allylic oxidation sites excluding steroid dienone is 1. The number of aromatic nitrogens is 4. The lowest BCUT2D eigenvalue weighted by Crippen LogP contribution is -2.03. The van der Waals surface area contributed by atoms with E-state index in [9.17, 15) is 10.1 Å². The lowest BCUT2D eigenvalue weighted by molar-refractivity contribution is 0.0531. The zero-order valence-electron chi connectivity index (χ0n) is 13.5. The molecule has 0 saturated heterocycles. The van der Waals surface area contributed by atoms with E-state index in [4.69, 9.17) is 4.74 Å². The molecule has 0 amide bonds. The minimum Gasteiger partial charge on any atom is -0.462 e. The predicted molar refractivity (Wildman–Crippen MR) is 93.9 cm³/mol. The average Bonchev–Trinajstić information content (AvgIpc) is 3.25. The number of esters is 1. The van der Waals surface area contributed by atoms with Gasteiger partial charge in [0.2, 0.25) is 5.82 Å². The Kier molecular flexibility index (Phi) is 4.72. The summed E-state index contributed by atoms with van der Waals surface area (Å²) in [6.45, 7) is 4.02. The molecule has 3 aromatic rings. The van der Waals surface area contributed by atoms with Crippen LogP contribution in [0.1, 0.15) is 28.0 Å². The smallest absolute Gasteiger partial charge is 0.348 e. The van der Waals surface area contributed by atoms with E-state index in [0.717, 1.165) is 21.3 Å². The van der Waals surface area contributed by atoms with Crippen LogP contribution in [0.15, 0.2) is 24.4 Å². The number of thiophene rings is 1. The number of carbonyl (C=O) groups excluding carboxylic acids is 1. The van der Waals surface area contributed by atoms with Crippen LogP contribution in [0, 0.1) is 18.3 Å². The average molecular weight is 354 g/mol. The van der Waals surface area contributed by atoms with E-state index in [0.29, 0.717) is 11.5 Å². The molecule has 0 spiro atoms. The summed E-state index contributed by atoms with van der Waals surface area (Å²) in [4.78, 5) is 12.6. The normalized spacial score (nSPS) is 11.3. The Morgan fingerprint density at radius 2 is 2.36 bits per heavy atom. The zero-order chi connectivity index (χ0) is 17.8. The standard InChI is InChI=1S/C16H14N6O2S/c1-3-24-16(23)14-9(2)12-6-11(4-5-13(12)25-14)18-8-10(7-17)15-19-21-22-20-15/h4-6,8,18H,3H2,1-2H3,(H,19,20,21,22). The molecule has 2 N–H and O–H groups in total. The third-order valence-corrected chi connectivity index (χ3v) is 4.74. The third kappa shape index (κ3) is 3.34. The van der Waals surface area contributed by atoms with E-state index in [2.05, 4.69) is 25.9 Å². The first-order valence-electron chi connectivity index (χ1n) is 7.45. The number of nitriles is 1. The highest BCUT2D eigenvalue weighted by Crippen LogP contribution is 2.33. The molecule has 0 atom stereocenters. The molecule has 3 rings (SSSR count). The summed E-state index contributed by atoms with van der Waals surface area (Å²) in [5.41, 5.74) is 1.91. The number of carbonyl (C=O) groups is 1. The van der Waals surface area contributed by atoms with Gasteiger partial charge in [-0.2, -0.15) is 10.5 Å². The SMILES string of the molecule is CCOC(=O)c1sc2ccc(NC=C(C#N)c3nn[nH]n3)cc2c1C. The second-order valence-corrected chi connectivity index (χ2v) is 6.09. The first kappa shape index (κ1) is 16.6. The van der Waals surface area contributed by atoms with Crippen molar-refractivity contribution in [1.82, 2.24) is 20.6 Å². The number of aryl methyl sites for hydroxylation is 1. The number of rotatable bonds is 5. The second kappa shape index (κ2) is 7.11. The van der Waals surface area contributed by atoms with Crippen LogP contribution >= 0.6 is 11.3 Å². The van der Waals surface area contributed by atoms with Crippen LogP contribution in [0.25, 0.3) is 15.7 Å². The molecular weight excluding hydrogens is 340 g/mol. The van der Waals surface area contributed by atoms with Crippen LogP contribution < -0.4 is 5.32 Å². The van der Waals surface area contributed by atoms with Gasteiger partial charge < -0.3 is 10.1 Å². The molecule has 2 aromatic heterocycles. The van der Waals surface area contributed by atoms with E-state index < -0.39 is 0 Å². The second-order valence-electron chi connectivity index (χ2n) is 5.04. The number of benzene rings is 1. The molecule has 0 radical (unpaired) electrons. The Balaban J connectivity index is 1.90. The number of tetrazole rings is 1. The molecule has 0 aliphatic rings. The largest absolute Gasteiger partial charge is 0.462 e. The third-order valence-electron chi connectivity index (χ3n) is 3.49. The fourth-order valence-electron chi connectivity index (χ4n) is 2.28. The van der Waals surface area contributed by atoms with Crippen LogP contribution in [-0.2, 0) is 4.74 Å². The summed E-state index contributed by atoms with van der Waals surface area (Å²) >= 11 is 1.41. The summed E-state index contributed by atoms with van der Waals surface area (Å²) in [5, 5.41) is 26.5. The Bertz CT molecular complexity index is 984. The molecule has 0 saturated carbocycles. The van der Waals surface area contributed by atoms with Crippen molar-refractivity contribution >= 4 is 38.7 Å². The van der Waals surface area contributed by atoms with Crippen LogP contribution in [0.5, 0.6) is 0 Å². The fraction of sp³-hybridized carbons (Fsp3) is 0.188. The van der Waals surface area contributed by atoms with Crippen molar-refractivity contribution in [1.29, 1.82) is 5.26 Å². The van der Waals surface area contributed by atoms with Crippen molar-refractivity contribution in [2.45, 2.75) is 13.8 Å². The van der Waals surface area contributed by atoms with E-state index in [1.807, 2.05) is 31.2 Å². The summed E-state index contributed by atoms with van der Waals surface area (Å²) in [6, 6.07) is 7.73. The highest BCUT2D eigenvalue weighted by atomic mass is 32.1. The maximum absolute atomic E-state index is 12.0. The van der Waals surface area contributed by atoms with Crippen LogP contribution in [-0.4, -0.2) is 33.2 Å². The number of H-pyrrole nitrogens is 1. The molecule has 2 heterocycles. The monoisotopic (exact) mass is 354 g/mol. The van der Waals surface area contributed by atoms with Crippen LogP contribution in [0.4, 0.5) is 5.69 Å². The molecule has 126 valence electrons. The minimum atomic E-state index is -0.306. The van der Waals surface area contributed by atoms with Crippen molar-refractivity contribution in [3.63, 3.8) is 0 Å². The molecule has 1 aromatic carbocycles. The Labute approximate surface area is 147 Å². The van der Waals surface area contributed by atoms with Gasteiger partial charge in [0.25, 0.3) is 0 Å².